The fraction of sp³-hybridized carbons (Fsp3) is 0.588. The van der Waals surface area contributed by atoms with Crippen LogP contribution < -0.4 is 4.74 Å². The molecule has 0 spiro atoms. The zero-order valence-corrected chi connectivity index (χ0v) is 12.8. The van der Waals surface area contributed by atoms with Gasteiger partial charge < -0.3 is 9.47 Å². The summed E-state index contributed by atoms with van der Waals surface area (Å²) < 4.78 is 11.1. The summed E-state index contributed by atoms with van der Waals surface area (Å²) in [6.45, 7) is 4.79. The SMILES string of the molecule is CC(=O)O[C@H](COc1ccccc1)CN1CCCCCC1. The number of carbonyl (C=O) groups is 1. The molecule has 0 saturated carbocycles. The molecule has 4 heteroatoms. The second-order valence-corrected chi connectivity index (χ2v) is 5.57. The zero-order valence-electron chi connectivity index (χ0n) is 12.8. The summed E-state index contributed by atoms with van der Waals surface area (Å²) in [6.07, 6.45) is 4.85. The van der Waals surface area contributed by atoms with Crippen LogP contribution in [0, 0.1) is 0 Å². The molecule has 116 valence electrons. The number of ether oxygens (including phenoxy) is 2. The molecule has 1 aromatic rings. The van der Waals surface area contributed by atoms with Gasteiger partial charge in [-0.25, -0.2) is 0 Å². The first-order valence-corrected chi connectivity index (χ1v) is 7.81. The minimum atomic E-state index is -0.244. The Bertz CT molecular complexity index is 413. The number of hydrogen-bond acceptors (Lipinski definition) is 4. The predicted octanol–water partition coefficient (Wildman–Crippen LogP) is 2.87. The maximum absolute atomic E-state index is 11.3. The smallest absolute Gasteiger partial charge is 0.303 e. The van der Waals surface area contributed by atoms with Crippen molar-refractivity contribution in [1.29, 1.82) is 0 Å². The summed E-state index contributed by atoms with van der Waals surface area (Å²) in [7, 11) is 0. The van der Waals surface area contributed by atoms with Crippen LogP contribution in [-0.2, 0) is 9.53 Å². The average molecular weight is 291 g/mol. The Morgan fingerprint density at radius 1 is 1.14 bits per heavy atom. The van der Waals surface area contributed by atoms with E-state index in [9.17, 15) is 4.79 Å². The van der Waals surface area contributed by atoms with Gasteiger partial charge in [-0.3, -0.25) is 9.69 Å². The average Bonchev–Trinajstić information content (AvgIpc) is 2.74. The van der Waals surface area contributed by atoms with Gasteiger partial charge in [0, 0.05) is 13.5 Å². The van der Waals surface area contributed by atoms with Gasteiger partial charge in [0.1, 0.15) is 18.5 Å². The van der Waals surface area contributed by atoms with E-state index in [0.717, 1.165) is 25.4 Å². The van der Waals surface area contributed by atoms with Crippen molar-refractivity contribution in [3.63, 3.8) is 0 Å². The second-order valence-electron chi connectivity index (χ2n) is 5.57. The number of nitrogens with zero attached hydrogens (tertiary/aromatic N) is 1. The maximum atomic E-state index is 11.3. The van der Waals surface area contributed by atoms with Crippen LogP contribution in [-0.4, -0.2) is 43.2 Å². The Labute approximate surface area is 127 Å². The summed E-state index contributed by atoms with van der Waals surface area (Å²) in [5.74, 6) is 0.567. The van der Waals surface area contributed by atoms with E-state index in [0.29, 0.717) is 6.61 Å². The quantitative estimate of drug-likeness (QED) is 0.756. The van der Waals surface area contributed by atoms with Crippen molar-refractivity contribution in [3.8, 4) is 5.75 Å². The molecule has 0 aliphatic carbocycles. The monoisotopic (exact) mass is 291 g/mol. The highest BCUT2D eigenvalue weighted by Gasteiger charge is 2.19. The normalized spacial score (nSPS) is 17.8. The predicted molar refractivity (Wildman–Crippen MR) is 82.4 cm³/mol. The third-order valence-corrected chi connectivity index (χ3v) is 3.67. The van der Waals surface area contributed by atoms with E-state index >= 15 is 0 Å². The standard InChI is InChI=1S/C17H25NO3/c1-15(19)21-17(13-18-11-7-2-3-8-12-18)14-20-16-9-5-4-6-10-16/h4-6,9-10,17H,2-3,7-8,11-14H2,1H3/t17-/m0/s1. The third kappa shape index (κ3) is 6.17. The Hall–Kier alpha value is -1.55. The van der Waals surface area contributed by atoms with E-state index in [4.69, 9.17) is 9.47 Å². The highest BCUT2D eigenvalue weighted by molar-refractivity contribution is 5.66. The fourth-order valence-electron chi connectivity index (χ4n) is 2.67. The van der Waals surface area contributed by atoms with Crippen molar-refractivity contribution < 1.29 is 14.3 Å². The molecule has 1 aliphatic heterocycles. The highest BCUT2D eigenvalue weighted by atomic mass is 16.6. The molecule has 1 aromatic carbocycles. The second kappa shape index (κ2) is 8.67. The number of hydrogen-bond donors (Lipinski definition) is 0. The van der Waals surface area contributed by atoms with Crippen LogP contribution in [0.25, 0.3) is 0 Å². The summed E-state index contributed by atoms with van der Waals surface area (Å²) in [6, 6.07) is 9.65. The topological polar surface area (TPSA) is 38.8 Å². The molecule has 0 unspecified atom stereocenters. The van der Waals surface area contributed by atoms with Crippen LogP contribution in [0.2, 0.25) is 0 Å². The van der Waals surface area contributed by atoms with Gasteiger partial charge in [0.2, 0.25) is 0 Å². The fourth-order valence-corrected chi connectivity index (χ4v) is 2.67. The number of esters is 1. The van der Waals surface area contributed by atoms with Gasteiger partial charge in [0.15, 0.2) is 0 Å². The number of carbonyl (C=O) groups excluding carboxylic acids is 1. The van der Waals surface area contributed by atoms with Crippen LogP contribution in [0.3, 0.4) is 0 Å². The third-order valence-electron chi connectivity index (χ3n) is 3.67. The molecular weight excluding hydrogens is 266 g/mol. The first kappa shape index (κ1) is 15.8. The lowest BCUT2D eigenvalue weighted by Crippen LogP contribution is -2.38. The van der Waals surface area contributed by atoms with E-state index in [1.807, 2.05) is 30.3 Å². The Balaban J connectivity index is 1.85. The van der Waals surface area contributed by atoms with Gasteiger partial charge in [-0.1, -0.05) is 31.0 Å². The molecule has 1 atom stereocenters. The molecule has 2 rings (SSSR count). The zero-order chi connectivity index (χ0) is 14.9. The number of rotatable bonds is 6. The van der Waals surface area contributed by atoms with E-state index in [1.54, 1.807) is 0 Å². The van der Waals surface area contributed by atoms with Crippen LogP contribution in [0.5, 0.6) is 5.75 Å². The molecule has 1 saturated heterocycles. The molecule has 1 aliphatic rings. The summed E-state index contributed by atoms with van der Waals surface area (Å²) >= 11 is 0. The molecule has 4 nitrogen and oxygen atoms in total. The molecular formula is C17H25NO3. The first-order valence-electron chi connectivity index (χ1n) is 7.81. The highest BCUT2D eigenvalue weighted by Crippen LogP contribution is 2.13. The largest absolute Gasteiger partial charge is 0.490 e. The van der Waals surface area contributed by atoms with Crippen LogP contribution in [0.15, 0.2) is 30.3 Å². The molecule has 21 heavy (non-hydrogen) atoms. The van der Waals surface area contributed by atoms with E-state index < -0.39 is 0 Å². The number of benzene rings is 1. The molecule has 1 fully saturated rings. The van der Waals surface area contributed by atoms with E-state index in [2.05, 4.69) is 4.90 Å². The van der Waals surface area contributed by atoms with Crippen molar-refractivity contribution >= 4 is 5.97 Å². The van der Waals surface area contributed by atoms with Gasteiger partial charge in [-0.2, -0.15) is 0 Å². The summed E-state index contributed by atoms with van der Waals surface area (Å²) in [5.41, 5.74) is 0. The van der Waals surface area contributed by atoms with Crippen LogP contribution in [0.4, 0.5) is 0 Å². The Kier molecular flexibility index (Phi) is 6.54. The van der Waals surface area contributed by atoms with Crippen molar-refractivity contribution in [2.45, 2.75) is 38.7 Å². The molecule has 0 radical (unpaired) electrons. The number of likely N-dealkylation sites (tertiary alicyclic amines) is 1. The lowest BCUT2D eigenvalue weighted by molar-refractivity contribution is -0.148. The van der Waals surface area contributed by atoms with Crippen molar-refractivity contribution in [2.24, 2.45) is 0 Å². The van der Waals surface area contributed by atoms with Gasteiger partial charge >= 0.3 is 5.97 Å². The first-order chi connectivity index (χ1) is 10.2. The molecule has 0 bridgehead atoms. The minimum Gasteiger partial charge on any atom is -0.490 e. The maximum Gasteiger partial charge on any atom is 0.303 e. The van der Waals surface area contributed by atoms with Crippen molar-refractivity contribution in [1.82, 2.24) is 4.90 Å². The van der Waals surface area contributed by atoms with Crippen molar-refractivity contribution in [2.75, 3.05) is 26.2 Å². The Morgan fingerprint density at radius 3 is 2.43 bits per heavy atom. The van der Waals surface area contributed by atoms with Crippen molar-refractivity contribution in [3.05, 3.63) is 30.3 Å². The van der Waals surface area contributed by atoms with E-state index in [1.165, 1.54) is 32.6 Å². The molecule has 0 amide bonds. The summed E-state index contributed by atoms with van der Waals surface area (Å²) in [4.78, 5) is 13.7. The lowest BCUT2D eigenvalue weighted by Gasteiger charge is -2.26. The van der Waals surface area contributed by atoms with Gasteiger partial charge in [0.25, 0.3) is 0 Å². The Morgan fingerprint density at radius 2 is 1.81 bits per heavy atom. The van der Waals surface area contributed by atoms with Gasteiger partial charge in [-0.15, -0.1) is 0 Å². The van der Waals surface area contributed by atoms with Gasteiger partial charge in [0.05, 0.1) is 0 Å². The van der Waals surface area contributed by atoms with Crippen LogP contribution >= 0.6 is 0 Å². The van der Waals surface area contributed by atoms with E-state index in [-0.39, 0.29) is 12.1 Å². The van der Waals surface area contributed by atoms with Gasteiger partial charge in [-0.05, 0) is 38.1 Å². The molecule has 1 heterocycles. The van der Waals surface area contributed by atoms with Crippen LogP contribution in [0.1, 0.15) is 32.6 Å². The minimum absolute atomic E-state index is 0.208. The lowest BCUT2D eigenvalue weighted by atomic mass is 10.2. The molecule has 0 N–H and O–H groups in total. The number of para-hydroxylation sites is 1. The summed E-state index contributed by atoms with van der Waals surface area (Å²) in [5, 5.41) is 0. The molecule has 0 aromatic heterocycles.